The lowest BCUT2D eigenvalue weighted by Crippen LogP contribution is -2.48. The van der Waals surface area contributed by atoms with Crippen molar-refractivity contribution in [1.82, 2.24) is 4.67 Å². The van der Waals surface area contributed by atoms with Crippen LogP contribution in [0.5, 0.6) is 0 Å². The Balaban J connectivity index is 1.86. The molecule has 0 spiro atoms. The highest BCUT2D eigenvalue weighted by molar-refractivity contribution is 7.60. The number of benzene rings is 4. The van der Waals surface area contributed by atoms with Crippen LogP contribution in [-0.2, 0) is 14.6 Å². The summed E-state index contributed by atoms with van der Waals surface area (Å²) in [5, 5.41) is 0. The van der Waals surface area contributed by atoms with Crippen LogP contribution in [0.3, 0.4) is 0 Å². The zero-order valence-electron chi connectivity index (χ0n) is 20.1. The largest absolute Gasteiger partial charge is 0.305 e. The smallest absolute Gasteiger partial charge is 0.297 e. The molecule has 1 heterocycles. The maximum absolute atomic E-state index is 14.9. The third kappa shape index (κ3) is 4.00. The maximum Gasteiger partial charge on any atom is 0.297 e. The first-order valence-corrected chi connectivity index (χ1v) is 13.7. The monoisotopic (exact) mass is 479 g/mol. The summed E-state index contributed by atoms with van der Waals surface area (Å²) < 4.78 is 23.6. The van der Waals surface area contributed by atoms with Crippen LogP contribution in [0.1, 0.15) is 42.2 Å². The lowest BCUT2D eigenvalue weighted by atomic mass is 9.76. The SMILES string of the molecule is C/C=C/[P@@]1(=O)O[C@H](c2ccccc2)[C@H](C)N1C(c1ccccc1)(c1ccccc1)c1ccccc1. The minimum Gasteiger partial charge on any atom is -0.305 e. The first kappa shape index (κ1) is 23.5. The van der Waals surface area contributed by atoms with Gasteiger partial charge in [-0.15, -0.1) is 0 Å². The summed E-state index contributed by atoms with van der Waals surface area (Å²) in [6.07, 6.45) is 1.51. The third-order valence-corrected chi connectivity index (χ3v) is 9.24. The molecule has 0 bridgehead atoms. The van der Waals surface area contributed by atoms with E-state index < -0.39 is 13.1 Å². The highest BCUT2D eigenvalue weighted by atomic mass is 31.2. The zero-order valence-corrected chi connectivity index (χ0v) is 21.0. The highest BCUT2D eigenvalue weighted by Crippen LogP contribution is 2.70. The first-order valence-electron chi connectivity index (χ1n) is 12.0. The topological polar surface area (TPSA) is 29.5 Å². The van der Waals surface area contributed by atoms with Crippen molar-refractivity contribution in [3.05, 3.63) is 155 Å². The van der Waals surface area contributed by atoms with Crippen LogP contribution in [0.15, 0.2) is 133 Å². The van der Waals surface area contributed by atoms with Crippen molar-refractivity contribution in [2.75, 3.05) is 0 Å². The lowest BCUT2D eigenvalue weighted by molar-refractivity contribution is 0.177. The quantitative estimate of drug-likeness (QED) is 0.206. The molecule has 35 heavy (non-hydrogen) atoms. The van der Waals surface area contributed by atoms with Gasteiger partial charge in [-0.2, -0.15) is 0 Å². The molecule has 1 fully saturated rings. The Morgan fingerprint density at radius 3 is 1.51 bits per heavy atom. The van der Waals surface area contributed by atoms with E-state index in [1.807, 2.05) is 85.8 Å². The van der Waals surface area contributed by atoms with Gasteiger partial charge in [0.25, 0.3) is 7.52 Å². The minimum atomic E-state index is -3.42. The molecule has 4 aromatic rings. The van der Waals surface area contributed by atoms with Crippen LogP contribution < -0.4 is 0 Å². The molecule has 1 aliphatic heterocycles. The normalized spacial score (nSPS) is 23.0. The number of hydrogen-bond donors (Lipinski definition) is 0. The van der Waals surface area contributed by atoms with Gasteiger partial charge in [-0.1, -0.05) is 127 Å². The Hall–Kier alpha value is -3.23. The average molecular weight is 480 g/mol. The summed E-state index contributed by atoms with van der Waals surface area (Å²) in [5.74, 6) is 1.76. The fraction of sp³-hybridized carbons (Fsp3) is 0.161. The Labute approximate surface area is 208 Å². The van der Waals surface area contributed by atoms with Gasteiger partial charge in [-0.25, -0.2) is 4.67 Å². The molecule has 0 aliphatic carbocycles. The molecule has 0 unspecified atom stereocenters. The fourth-order valence-corrected chi connectivity index (χ4v) is 8.12. The lowest BCUT2D eigenvalue weighted by Gasteiger charge is -2.46. The molecule has 176 valence electrons. The molecule has 0 amide bonds. The van der Waals surface area contributed by atoms with Crippen LogP contribution in [-0.4, -0.2) is 10.7 Å². The van der Waals surface area contributed by atoms with E-state index in [4.69, 9.17) is 4.52 Å². The van der Waals surface area contributed by atoms with Crippen LogP contribution in [0, 0.1) is 0 Å². The molecule has 4 heteroatoms. The van der Waals surface area contributed by atoms with E-state index >= 15 is 0 Å². The van der Waals surface area contributed by atoms with Gasteiger partial charge >= 0.3 is 0 Å². The van der Waals surface area contributed by atoms with Crippen LogP contribution in [0.25, 0.3) is 0 Å². The molecular formula is C31H30NO2P. The number of rotatable bonds is 6. The summed E-state index contributed by atoms with van der Waals surface area (Å²) >= 11 is 0. The van der Waals surface area contributed by atoms with E-state index in [1.54, 1.807) is 5.82 Å². The van der Waals surface area contributed by atoms with E-state index in [9.17, 15) is 4.57 Å². The molecule has 3 atom stereocenters. The minimum absolute atomic E-state index is 0.181. The predicted octanol–water partition coefficient (Wildman–Crippen LogP) is 8.17. The summed E-state index contributed by atoms with van der Waals surface area (Å²) in [6.45, 7) is 4.03. The van der Waals surface area contributed by atoms with Gasteiger partial charge in [-0.3, -0.25) is 4.57 Å². The van der Waals surface area contributed by atoms with Crippen molar-refractivity contribution in [3.63, 3.8) is 0 Å². The van der Waals surface area contributed by atoms with Crippen molar-refractivity contribution in [3.8, 4) is 0 Å². The third-order valence-electron chi connectivity index (χ3n) is 6.77. The molecule has 0 radical (unpaired) electrons. The second-order valence-electron chi connectivity index (χ2n) is 8.88. The molecule has 4 aromatic carbocycles. The van der Waals surface area contributed by atoms with Gasteiger partial charge in [-0.05, 0) is 36.1 Å². The van der Waals surface area contributed by atoms with Crippen LogP contribution in [0.2, 0.25) is 0 Å². The van der Waals surface area contributed by atoms with Crippen LogP contribution in [0.4, 0.5) is 0 Å². The van der Waals surface area contributed by atoms with Gasteiger partial charge in [0.15, 0.2) is 0 Å². The molecular weight excluding hydrogens is 449 g/mol. The van der Waals surface area contributed by atoms with Gasteiger partial charge < -0.3 is 4.52 Å². The van der Waals surface area contributed by atoms with Gasteiger partial charge in [0.05, 0.1) is 0 Å². The summed E-state index contributed by atoms with van der Waals surface area (Å²) in [7, 11) is -3.42. The Kier molecular flexibility index (Phi) is 6.58. The van der Waals surface area contributed by atoms with Crippen molar-refractivity contribution in [2.45, 2.75) is 31.5 Å². The van der Waals surface area contributed by atoms with E-state index in [1.165, 1.54) is 0 Å². The molecule has 1 saturated heterocycles. The Morgan fingerprint density at radius 2 is 1.11 bits per heavy atom. The number of nitrogens with zero attached hydrogens (tertiary/aromatic N) is 1. The molecule has 0 N–H and O–H groups in total. The summed E-state index contributed by atoms with van der Waals surface area (Å²) in [5.41, 5.74) is 3.33. The van der Waals surface area contributed by atoms with E-state index in [0.717, 1.165) is 22.3 Å². The average Bonchev–Trinajstić information content (AvgIpc) is 3.18. The van der Waals surface area contributed by atoms with E-state index in [0.29, 0.717) is 0 Å². The predicted molar refractivity (Wildman–Crippen MR) is 143 cm³/mol. The molecule has 0 saturated carbocycles. The summed E-state index contributed by atoms with van der Waals surface area (Å²) in [4.78, 5) is 0. The highest BCUT2D eigenvalue weighted by Gasteiger charge is 2.58. The van der Waals surface area contributed by atoms with Crippen molar-refractivity contribution in [2.24, 2.45) is 0 Å². The molecule has 5 rings (SSSR count). The Morgan fingerprint density at radius 1 is 0.714 bits per heavy atom. The van der Waals surface area contributed by atoms with Crippen molar-refractivity contribution < 1.29 is 9.09 Å². The van der Waals surface area contributed by atoms with Crippen LogP contribution >= 0.6 is 7.52 Å². The standard InChI is InChI=1S/C31H30NO2P/c1-3-24-35(33)32(25(2)30(34-35)26-16-8-4-9-17-26)31(27-18-10-5-11-19-27,28-20-12-6-13-21-28)29-22-14-7-15-23-29/h3-25,30H,1-2H3/b24-3+/t25-,30-,35+/m0/s1. The summed E-state index contributed by atoms with van der Waals surface area (Å²) in [6, 6.07) is 41.1. The molecule has 1 aliphatic rings. The second-order valence-corrected chi connectivity index (χ2v) is 10.9. The van der Waals surface area contributed by atoms with Crippen molar-refractivity contribution in [1.29, 1.82) is 0 Å². The van der Waals surface area contributed by atoms with Gasteiger partial charge in [0.1, 0.15) is 11.6 Å². The second kappa shape index (κ2) is 9.79. The van der Waals surface area contributed by atoms with Crippen molar-refractivity contribution >= 4 is 7.52 Å². The number of allylic oxidation sites excluding steroid dienone is 1. The maximum atomic E-state index is 14.9. The fourth-order valence-electron chi connectivity index (χ4n) is 5.41. The van der Waals surface area contributed by atoms with E-state index in [2.05, 4.69) is 60.1 Å². The molecule has 0 aromatic heterocycles. The zero-order chi connectivity index (χ0) is 24.3. The Bertz CT molecular complexity index is 1230. The van der Waals surface area contributed by atoms with E-state index in [-0.39, 0.29) is 12.1 Å². The molecule has 3 nitrogen and oxygen atoms in total. The van der Waals surface area contributed by atoms with Gasteiger partial charge in [0.2, 0.25) is 0 Å². The first-order chi connectivity index (χ1) is 17.1. The number of hydrogen-bond acceptors (Lipinski definition) is 2. The van der Waals surface area contributed by atoms with Gasteiger partial charge in [0, 0.05) is 11.9 Å².